The van der Waals surface area contributed by atoms with E-state index >= 15 is 0 Å². The molecule has 0 radical (unpaired) electrons. The van der Waals surface area contributed by atoms with E-state index in [-0.39, 0.29) is 17.3 Å². The van der Waals surface area contributed by atoms with Crippen LogP contribution in [0.2, 0.25) is 0 Å². The molecule has 1 aliphatic rings. The van der Waals surface area contributed by atoms with Crippen LogP contribution in [0.25, 0.3) is 0 Å². The predicted octanol–water partition coefficient (Wildman–Crippen LogP) is 2.47. The quantitative estimate of drug-likeness (QED) is 0.825. The number of carbonyl (C=O) groups excluding carboxylic acids is 1. The van der Waals surface area contributed by atoms with Crippen LogP contribution in [0.4, 0.5) is 0 Å². The Bertz CT molecular complexity index is 910. The Morgan fingerprint density at radius 3 is 2.59 bits per heavy atom. The van der Waals surface area contributed by atoms with Crippen molar-refractivity contribution in [3.8, 4) is 5.75 Å². The summed E-state index contributed by atoms with van der Waals surface area (Å²) in [6.45, 7) is 2.54. The number of hydrogen-bond donors (Lipinski definition) is 1. The summed E-state index contributed by atoms with van der Waals surface area (Å²) in [6, 6.07) is 13.4. The first-order valence-electron chi connectivity index (χ1n) is 8.91. The average molecular weight is 388 g/mol. The van der Waals surface area contributed by atoms with Crippen LogP contribution in [0.15, 0.2) is 53.4 Å². The van der Waals surface area contributed by atoms with E-state index in [0.717, 1.165) is 11.1 Å². The zero-order valence-electron chi connectivity index (χ0n) is 15.5. The van der Waals surface area contributed by atoms with Crippen molar-refractivity contribution in [3.05, 3.63) is 59.7 Å². The van der Waals surface area contributed by atoms with Crippen molar-refractivity contribution in [2.75, 3.05) is 13.7 Å². The van der Waals surface area contributed by atoms with Gasteiger partial charge in [-0.05, 0) is 38.0 Å². The van der Waals surface area contributed by atoms with Crippen molar-refractivity contribution in [1.82, 2.24) is 9.62 Å². The van der Waals surface area contributed by atoms with E-state index in [1.807, 2.05) is 31.2 Å². The summed E-state index contributed by atoms with van der Waals surface area (Å²) >= 11 is 0. The molecule has 7 heteroatoms. The highest BCUT2D eigenvalue weighted by molar-refractivity contribution is 7.89. The molecule has 0 unspecified atom stereocenters. The molecular weight excluding hydrogens is 364 g/mol. The van der Waals surface area contributed by atoms with Gasteiger partial charge in [-0.25, -0.2) is 8.42 Å². The van der Waals surface area contributed by atoms with Crippen LogP contribution in [0.3, 0.4) is 0 Å². The van der Waals surface area contributed by atoms with Crippen molar-refractivity contribution in [2.45, 2.75) is 37.2 Å². The fourth-order valence-corrected chi connectivity index (χ4v) is 4.94. The molecule has 2 aromatic rings. The molecule has 0 saturated carbocycles. The number of ether oxygens (including phenoxy) is 1. The number of nitrogens with zero attached hydrogens (tertiary/aromatic N) is 1. The predicted molar refractivity (Wildman–Crippen MR) is 103 cm³/mol. The first-order valence-corrected chi connectivity index (χ1v) is 10.4. The van der Waals surface area contributed by atoms with E-state index in [1.54, 1.807) is 31.4 Å². The molecule has 6 nitrogen and oxygen atoms in total. The summed E-state index contributed by atoms with van der Waals surface area (Å²) < 4.78 is 32.5. The number of carbonyl (C=O) groups is 1. The SMILES string of the molecule is COc1ccccc1CNC(=O)[C@@H]1CCCN1S(=O)(=O)c1ccc(C)cc1. The number of amides is 1. The van der Waals surface area contributed by atoms with Crippen molar-refractivity contribution in [1.29, 1.82) is 0 Å². The number of methoxy groups -OCH3 is 1. The van der Waals surface area contributed by atoms with Gasteiger partial charge in [0.25, 0.3) is 0 Å². The number of sulfonamides is 1. The minimum Gasteiger partial charge on any atom is -0.496 e. The highest BCUT2D eigenvalue weighted by atomic mass is 32.2. The Morgan fingerprint density at radius 2 is 1.89 bits per heavy atom. The smallest absolute Gasteiger partial charge is 0.243 e. The van der Waals surface area contributed by atoms with Crippen molar-refractivity contribution in [2.24, 2.45) is 0 Å². The molecule has 1 amide bonds. The second-order valence-corrected chi connectivity index (χ2v) is 8.51. The zero-order chi connectivity index (χ0) is 19.4. The monoisotopic (exact) mass is 388 g/mol. The highest BCUT2D eigenvalue weighted by Crippen LogP contribution is 2.26. The average Bonchev–Trinajstić information content (AvgIpc) is 3.17. The molecule has 1 heterocycles. The van der Waals surface area contributed by atoms with E-state index in [2.05, 4.69) is 5.32 Å². The number of rotatable bonds is 6. The Morgan fingerprint density at radius 1 is 1.19 bits per heavy atom. The van der Waals surface area contributed by atoms with Gasteiger partial charge in [0.15, 0.2) is 0 Å². The molecule has 0 aromatic heterocycles. The van der Waals surface area contributed by atoms with E-state index in [0.29, 0.717) is 25.1 Å². The molecule has 1 atom stereocenters. The molecule has 1 aliphatic heterocycles. The number of nitrogens with one attached hydrogen (secondary N) is 1. The molecule has 27 heavy (non-hydrogen) atoms. The van der Waals surface area contributed by atoms with Gasteiger partial charge in [-0.15, -0.1) is 0 Å². The lowest BCUT2D eigenvalue weighted by molar-refractivity contribution is -0.124. The zero-order valence-corrected chi connectivity index (χ0v) is 16.3. The second kappa shape index (κ2) is 8.10. The molecule has 0 bridgehead atoms. The molecule has 3 rings (SSSR count). The maximum atomic E-state index is 13.0. The lowest BCUT2D eigenvalue weighted by Crippen LogP contribution is -2.45. The summed E-state index contributed by atoms with van der Waals surface area (Å²) in [7, 11) is -2.12. The number of hydrogen-bond acceptors (Lipinski definition) is 4. The minimum absolute atomic E-state index is 0.220. The van der Waals surface area contributed by atoms with Crippen LogP contribution in [0.1, 0.15) is 24.0 Å². The van der Waals surface area contributed by atoms with Crippen LogP contribution in [-0.4, -0.2) is 38.3 Å². The van der Waals surface area contributed by atoms with Crippen LogP contribution >= 0.6 is 0 Å². The van der Waals surface area contributed by atoms with Crippen molar-refractivity contribution >= 4 is 15.9 Å². The first-order chi connectivity index (χ1) is 12.9. The standard InChI is InChI=1S/C20H24N2O4S/c1-15-9-11-17(12-10-15)27(24,25)22-13-5-7-18(22)20(23)21-14-16-6-3-4-8-19(16)26-2/h3-4,6,8-12,18H,5,7,13-14H2,1-2H3,(H,21,23)/t18-/m0/s1. The third-order valence-electron chi connectivity index (χ3n) is 4.78. The topological polar surface area (TPSA) is 75.7 Å². The van der Waals surface area contributed by atoms with Crippen LogP contribution in [0, 0.1) is 6.92 Å². The van der Waals surface area contributed by atoms with E-state index < -0.39 is 16.1 Å². The van der Waals surface area contributed by atoms with Gasteiger partial charge >= 0.3 is 0 Å². The second-order valence-electron chi connectivity index (χ2n) is 6.62. The van der Waals surface area contributed by atoms with Crippen LogP contribution < -0.4 is 10.1 Å². The summed E-state index contributed by atoms with van der Waals surface area (Å²) in [5, 5.41) is 2.85. The van der Waals surface area contributed by atoms with Crippen molar-refractivity contribution in [3.63, 3.8) is 0 Å². The highest BCUT2D eigenvalue weighted by Gasteiger charge is 2.39. The van der Waals surface area contributed by atoms with Gasteiger partial charge in [-0.2, -0.15) is 4.31 Å². The van der Waals surface area contributed by atoms with Crippen molar-refractivity contribution < 1.29 is 17.9 Å². The number of benzene rings is 2. The minimum atomic E-state index is -3.70. The summed E-state index contributed by atoms with van der Waals surface area (Å²) in [5.41, 5.74) is 1.83. The summed E-state index contributed by atoms with van der Waals surface area (Å²) in [4.78, 5) is 12.9. The summed E-state index contributed by atoms with van der Waals surface area (Å²) in [6.07, 6.45) is 1.18. The van der Waals surface area contributed by atoms with Gasteiger partial charge in [0.1, 0.15) is 11.8 Å². The molecule has 2 aromatic carbocycles. The number of para-hydroxylation sites is 1. The maximum Gasteiger partial charge on any atom is 0.243 e. The number of aryl methyl sites for hydroxylation is 1. The van der Waals surface area contributed by atoms with E-state index in [9.17, 15) is 13.2 Å². The van der Waals surface area contributed by atoms with E-state index in [4.69, 9.17) is 4.74 Å². The molecule has 1 saturated heterocycles. The molecular formula is C20H24N2O4S. The fourth-order valence-electron chi connectivity index (χ4n) is 3.28. The largest absolute Gasteiger partial charge is 0.496 e. The van der Waals surface area contributed by atoms with E-state index in [1.165, 1.54) is 4.31 Å². The Hall–Kier alpha value is -2.38. The molecule has 1 N–H and O–H groups in total. The molecule has 0 spiro atoms. The normalized spacial score (nSPS) is 17.6. The Kier molecular flexibility index (Phi) is 5.82. The van der Waals surface area contributed by atoms with Gasteiger partial charge in [-0.1, -0.05) is 35.9 Å². The third kappa shape index (κ3) is 4.14. The first kappa shape index (κ1) is 19.4. The fraction of sp³-hybridized carbons (Fsp3) is 0.350. The Labute approximate surface area is 160 Å². The maximum absolute atomic E-state index is 13.0. The van der Waals surface area contributed by atoms with Gasteiger partial charge in [-0.3, -0.25) is 4.79 Å². The molecule has 144 valence electrons. The lowest BCUT2D eigenvalue weighted by atomic mass is 10.2. The Balaban J connectivity index is 1.73. The van der Waals surface area contributed by atoms with Gasteiger partial charge < -0.3 is 10.1 Å². The molecule has 0 aliphatic carbocycles. The van der Waals surface area contributed by atoms with Crippen LogP contribution in [0.5, 0.6) is 5.75 Å². The van der Waals surface area contributed by atoms with Gasteiger partial charge in [0, 0.05) is 18.7 Å². The third-order valence-corrected chi connectivity index (χ3v) is 6.70. The summed E-state index contributed by atoms with van der Waals surface area (Å²) in [5.74, 6) is 0.405. The van der Waals surface area contributed by atoms with Gasteiger partial charge in [0.05, 0.1) is 12.0 Å². The van der Waals surface area contributed by atoms with Gasteiger partial charge in [0.2, 0.25) is 15.9 Å². The van der Waals surface area contributed by atoms with Crippen LogP contribution in [-0.2, 0) is 21.4 Å². The lowest BCUT2D eigenvalue weighted by Gasteiger charge is -2.23. The molecule has 1 fully saturated rings.